The summed E-state index contributed by atoms with van der Waals surface area (Å²) in [5.41, 5.74) is 2.77. The van der Waals surface area contributed by atoms with E-state index in [4.69, 9.17) is 4.42 Å². The number of carboxylic acids is 1. The Balaban J connectivity index is 1.59. The average molecular weight is 563 g/mol. The molecule has 0 saturated heterocycles. The van der Waals surface area contributed by atoms with Gasteiger partial charge in [0.25, 0.3) is 0 Å². The molecule has 42 heavy (non-hydrogen) atoms. The van der Waals surface area contributed by atoms with Crippen molar-refractivity contribution in [2.45, 2.75) is 18.0 Å². The van der Waals surface area contributed by atoms with E-state index < -0.39 is 23.1 Å². The van der Waals surface area contributed by atoms with Crippen molar-refractivity contribution in [2.75, 3.05) is 0 Å². The number of aliphatic carboxylic acids is 1. The Hall–Kier alpha value is -5.10. The normalized spacial score (nSPS) is 13.2. The number of carboxylic acid groups (broad SMARTS) is 1. The molecule has 1 N–H and O–H groups in total. The van der Waals surface area contributed by atoms with E-state index in [1.54, 1.807) is 12.1 Å². The van der Waals surface area contributed by atoms with Gasteiger partial charge in [-0.25, -0.2) is 0 Å². The van der Waals surface area contributed by atoms with Crippen molar-refractivity contribution in [3.8, 4) is 22.3 Å². The molecule has 6 aromatic rings. The summed E-state index contributed by atoms with van der Waals surface area (Å²) in [4.78, 5) is 13.0. The lowest BCUT2D eigenvalue weighted by atomic mass is 9.74. The zero-order valence-corrected chi connectivity index (χ0v) is 22.4. The standard InChI is InChI=1S/C36H25F3O3/c1-2-35(34(40)41,22-23-10-8-13-26(20-23)36(37,38)39)25-18-19-27(24-11-4-3-5-12-24)31(21-25)30-16-9-15-29-28-14-6-7-17-32(28)42-33(29)30/h2-21H,1,22H2,(H,40,41). The van der Waals surface area contributed by atoms with Gasteiger partial charge in [-0.2, -0.15) is 13.2 Å². The molecular formula is C36H25F3O3. The van der Waals surface area contributed by atoms with E-state index in [0.29, 0.717) is 11.1 Å². The minimum Gasteiger partial charge on any atom is -0.480 e. The van der Waals surface area contributed by atoms with Crippen LogP contribution in [0.1, 0.15) is 16.7 Å². The van der Waals surface area contributed by atoms with Crippen molar-refractivity contribution in [2.24, 2.45) is 0 Å². The van der Waals surface area contributed by atoms with Gasteiger partial charge in [0.15, 0.2) is 0 Å². The first-order chi connectivity index (χ1) is 20.2. The molecule has 0 bridgehead atoms. The molecule has 0 aliphatic heterocycles. The highest BCUT2D eigenvalue weighted by Crippen LogP contribution is 2.43. The lowest BCUT2D eigenvalue weighted by Gasteiger charge is -2.28. The lowest BCUT2D eigenvalue weighted by Crippen LogP contribution is -2.36. The quantitative estimate of drug-likeness (QED) is 0.197. The van der Waals surface area contributed by atoms with Crippen LogP contribution in [0.4, 0.5) is 13.2 Å². The van der Waals surface area contributed by atoms with Gasteiger partial charge in [0, 0.05) is 16.3 Å². The van der Waals surface area contributed by atoms with E-state index in [1.165, 1.54) is 18.2 Å². The number of alkyl halides is 3. The van der Waals surface area contributed by atoms with E-state index in [2.05, 4.69) is 6.58 Å². The van der Waals surface area contributed by atoms with Crippen LogP contribution in [0.3, 0.4) is 0 Å². The van der Waals surface area contributed by atoms with Crippen molar-refractivity contribution >= 4 is 27.9 Å². The van der Waals surface area contributed by atoms with Gasteiger partial charge in [-0.3, -0.25) is 4.79 Å². The van der Waals surface area contributed by atoms with Gasteiger partial charge < -0.3 is 9.52 Å². The summed E-state index contributed by atoms with van der Waals surface area (Å²) < 4.78 is 46.7. The van der Waals surface area contributed by atoms with Crippen molar-refractivity contribution < 1.29 is 27.5 Å². The number of para-hydroxylation sites is 2. The highest BCUT2D eigenvalue weighted by molar-refractivity contribution is 6.10. The average Bonchev–Trinajstić information content (AvgIpc) is 3.39. The highest BCUT2D eigenvalue weighted by Gasteiger charge is 2.39. The summed E-state index contributed by atoms with van der Waals surface area (Å²) in [6, 6.07) is 33.4. The molecule has 1 atom stereocenters. The second-order valence-electron chi connectivity index (χ2n) is 10.3. The van der Waals surface area contributed by atoms with E-state index >= 15 is 0 Å². The van der Waals surface area contributed by atoms with Crippen LogP contribution in [-0.4, -0.2) is 11.1 Å². The lowest BCUT2D eigenvalue weighted by molar-refractivity contribution is -0.141. The van der Waals surface area contributed by atoms with Gasteiger partial charge in [-0.05, 0) is 52.4 Å². The zero-order chi connectivity index (χ0) is 29.5. The fourth-order valence-corrected chi connectivity index (χ4v) is 5.63. The summed E-state index contributed by atoms with van der Waals surface area (Å²) in [6.45, 7) is 3.84. The second kappa shape index (κ2) is 10.4. The third-order valence-corrected chi connectivity index (χ3v) is 7.78. The Morgan fingerprint density at radius 3 is 2.19 bits per heavy atom. The summed E-state index contributed by atoms with van der Waals surface area (Å²) in [5.74, 6) is -1.21. The first-order valence-corrected chi connectivity index (χ1v) is 13.3. The van der Waals surface area contributed by atoms with Gasteiger partial charge in [0.2, 0.25) is 0 Å². The molecule has 1 unspecified atom stereocenters. The molecule has 0 radical (unpaired) electrons. The predicted molar refractivity (Wildman–Crippen MR) is 159 cm³/mol. The maximum absolute atomic E-state index is 13.5. The molecule has 0 aliphatic carbocycles. The molecule has 3 nitrogen and oxygen atoms in total. The van der Waals surface area contributed by atoms with Crippen molar-refractivity contribution in [1.82, 2.24) is 0 Å². The number of fused-ring (bicyclic) bond motifs is 3. The molecular weight excluding hydrogens is 537 g/mol. The number of rotatable bonds is 7. The SMILES string of the molecule is C=CC(Cc1cccc(C(F)(F)F)c1)(C(=O)O)c1ccc(-c2ccccc2)c(-c2cccc3c2oc2ccccc23)c1. The molecule has 0 amide bonds. The second-order valence-corrected chi connectivity index (χ2v) is 10.3. The molecule has 0 fully saturated rings. The maximum Gasteiger partial charge on any atom is 0.416 e. The predicted octanol–water partition coefficient (Wildman–Crippen LogP) is 9.69. The minimum absolute atomic E-state index is 0.214. The van der Waals surface area contributed by atoms with Gasteiger partial charge in [0.05, 0.1) is 5.56 Å². The molecule has 208 valence electrons. The molecule has 6 rings (SSSR count). The Labute approximate surface area is 240 Å². The summed E-state index contributed by atoms with van der Waals surface area (Å²) >= 11 is 0. The Morgan fingerprint density at radius 1 is 0.738 bits per heavy atom. The number of hydrogen-bond acceptors (Lipinski definition) is 2. The van der Waals surface area contributed by atoms with Gasteiger partial charge in [-0.1, -0.05) is 103 Å². The molecule has 0 saturated carbocycles. The van der Waals surface area contributed by atoms with Crippen LogP contribution in [0.15, 0.2) is 132 Å². The maximum atomic E-state index is 13.5. The Bertz CT molecular complexity index is 1950. The number of carbonyl (C=O) groups is 1. The largest absolute Gasteiger partial charge is 0.480 e. The highest BCUT2D eigenvalue weighted by atomic mass is 19.4. The first-order valence-electron chi connectivity index (χ1n) is 13.3. The van der Waals surface area contributed by atoms with Crippen LogP contribution in [0.5, 0.6) is 0 Å². The monoisotopic (exact) mass is 562 g/mol. The Kier molecular flexibility index (Phi) is 6.70. The fraction of sp³-hybridized carbons (Fsp3) is 0.0833. The Morgan fingerprint density at radius 2 is 1.45 bits per heavy atom. The van der Waals surface area contributed by atoms with Crippen LogP contribution < -0.4 is 0 Å². The molecule has 1 aromatic heterocycles. The first kappa shape index (κ1) is 27.1. The third kappa shape index (κ3) is 4.65. The summed E-state index contributed by atoms with van der Waals surface area (Å²) in [6.07, 6.45) is -3.46. The smallest absolute Gasteiger partial charge is 0.416 e. The number of hydrogen-bond donors (Lipinski definition) is 1. The van der Waals surface area contributed by atoms with Gasteiger partial charge >= 0.3 is 12.1 Å². The van der Waals surface area contributed by atoms with Gasteiger partial charge in [0.1, 0.15) is 16.6 Å². The zero-order valence-electron chi connectivity index (χ0n) is 22.4. The van der Waals surface area contributed by atoms with Crippen molar-refractivity contribution in [1.29, 1.82) is 0 Å². The van der Waals surface area contributed by atoms with Crippen LogP contribution in [0, 0.1) is 0 Å². The summed E-state index contributed by atoms with van der Waals surface area (Å²) in [5, 5.41) is 12.5. The molecule has 6 heteroatoms. The van der Waals surface area contributed by atoms with E-state index in [0.717, 1.165) is 50.7 Å². The topological polar surface area (TPSA) is 50.4 Å². The number of benzene rings is 5. The van der Waals surface area contributed by atoms with Crippen LogP contribution in [0.2, 0.25) is 0 Å². The molecule has 0 spiro atoms. The van der Waals surface area contributed by atoms with Crippen molar-refractivity contribution in [3.63, 3.8) is 0 Å². The van der Waals surface area contributed by atoms with Crippen LogP contribution >= 0.6 is 0 Å². The van der Waals surface area contributed by atoms with E-state index in [-0.39, 0.29) is 12.0 Å². The molecule has 1 heterocycles. The molecule has 0 aliphatic rings. The summed E-state index contributed by atoms with van der Waals surface area (Å²) in [7, 11) is 0. The molecule has 5 aromatic carbocycles. The fourth-order valence-electron chi connectivity index (χ4n) is 5.63. The third-order valence-electron chi connectivity index (χ3n) is 7.78. The van der Waals surface area contributed by atoms with Crippen molar-refractivity contribution in [3.05, 3.63) is 145 Å². The minimum atomic E-state index is -4.55. The number of halogens is 3. The van der Waals surface area contributed by atoms with Crippen LogP contribution in [0.25, 0.3) is 44.2 Å². The van der Waals surface area contributed by atoms with Crippen LogP contribution in [-0.2, 0) is 22.8 Å². The number of furan rings is 1. The van der Waals surface area contributed by atoms with E-state index in [1.807, 2.05) is 78.9 Å². The van der Waals surface area contributed by atoms with E-state index in [9.17, 15) is 23.1 Å². The van der Waals surface area contributed by atoms with Gasteiger partial charge in [-0.15, -0.1) is 6.58 Å².